The summed E-state index contributed by atoms with van der Waals surface area (Å²) in [5.41, 5.74) is 0.225. The maximum atomic E-state index is 12.7. The van der Waals surface area contributed by atoms with Crippen LogP contribution in [0.15, 0.2) is 35.7 Å². The van der Waals surface area contributed by atoms with E-state index < -0.39 is 11.7 Å². The minimum absolute atomic E-state index is 0.00919. The van der Waals surface area contributed by atoms with E-state index in [1.165, 1.54) is 12.1 Å². The molecule has 1 aromatic carbocycles. The van der Waals surface area contributed by atoms with Gasteiger partial charge in [-0.15, -0.1) is 0 Å². The third-order valence-corrected chi connectivity index (χ3v) is 4.58. The van der Waals surface area contributed by atoms with E-state index in [9.17, 15) is 13.2 Å². The quantitative estimate of drug-likeness (QED) is 0.746. The van der Waals surface area contributed by atoms with E-state index >= 15 is 0 Å². The molecular weight excluding hydrogens is 355 g/mol. The first-order valence-electron chi connectivity index (χ1n) is 8.72. The maximum Gasteiger partial charge on any atom is 0.416 e. The van der Waals surface area contributed by atoms with Gasteiger partial charge in [0.2, 0.25) is 0 Å². The molecule has 0 amide bonds. The predicted octanol–water partition coefficient (Wildman–Crippen LogP) is 2.99. The number of hydrogen-bond donors (Lipinski definition) is 2. The maximum absolute atomic E-state index is 12.7. The van der Waals surface area contributed by atoms with Crippen LogP contribution >= 0.6 is 0 Å². The van der Waals surface area contributed by atoms with E-state index in [-0.39, 0.29) is 5.57 Å². The third kappa shape index (κ3) is 5.90. The van der Waals surface area contributed by atoms with Crippen molar-refractivity contribution in [2.75, 3.05) is 26.7 Å². The predicted molar refractivity (Wildman–Crippen MR) is 94.8 cm³/mol. The first-order valence-corrected chi connectivity index (χ1v) is 8.72. The van der Waals surface area contributed by atoms with Crippen molar-refractivity contribution in [3.8, 4) is 12.1 Å². The van der Waals surface area contributed by atoms with Crippen molar-refractivity contribution in [2.45, 2.75) is 25.6 Å². The van der Waals surface area contributed by atoms with Crippen LogP contribution in [0.1, 0.15) is 24.0 Å². The molecule has 0 aliphatic carbocycles. The summed E-state index contributed by atoms with van der Waals surface area (Å²) in [7, 11) is 1.65. The number of nitrogens with one attached hydrogen (secondary N) is 2. The van der Waals surface area contributed by atoms with Gasteiger partial charge < -0.3 is 10.6 Å². The van der Waals surface area contributed by atoms with Gasteiger partial charge in [-0.3, -0.25) is 4.90 Å². The Kier molecular flexibility index (Phi) is 7.09. The second-order valence-electron chi connectivity index (χ2n) is 6.54. The summed E-state index contributed by atoms with van der Waals surface area (Å²) in [4.78, 5) is 2.22. The highest BCUT2D eigenvalue weighted by molar-refractivity contribution is 5.38. The van der Waals surface area contributed by atoms with Crippen LogP contribution in [0.5, 0.6) is 0 Å². The number of rotatable bonds is 6. The summed E-state index contributed by atoms with van der Waals surface area (Å²) >= 11 is 0. The molecular formula is C19H22F3N5. The molecule has 2 rings (SSSR count). The molecule has 0 bridgehead atoms. The van der Waals surface area contributed by atoms with Crippen LogP contribution in [0.25, 0.3) is 0 Å². The Balaban J connectivity index is 1.92. The normalized spacial score (nSPS) is 17.5. The second-order valence-corrected chi connectivity index (χ2v) is 6.54. The van der Waals surface area contributed by atoms with Gasteiger partial charge in [0.05, 0.1) is 5.56 Å². The van der Waals surface area contributed by atoms with E-state index in [0.717, 1.165) is 43.6 Å². The van der Waals surface area contributed by atoms with Gasteiger partial charge in [0.15, 0.2) is 5.57 Å². The number of benzene rings is 1. The zero-order chi connectivity index (χ0) is 19.9. The molecule has 0 spiro atoms. The molecule has 1 atom stereocenters. The summed E-state index contributed by atoms with van der Waals surface area (Å²) in [6.07, 6.45) is -2.30. The first-order chi connectivity index (χ1) is 12.9. The Labute approximate surface area is 157 Å². The van der Waals surface area contributed by atoms with Gasteiger partial charge in [-0.2, -0.15) is 23.7 Å². The number of likely N-dealkylation sites (tertiary alicyclic amines) is 1. The molecule has 2 N–H and O–H groups in total. The zero-order valence-corrected chi connectivity index (χ0v) is 15.1. The summed E-state index contributed by atoms with van der Waals surface area (Å²) in [6, 6.07) is 8.99. The molecule has 1 saturated heterocycles. The molecule has 1 heterocycles. The van der Waals surface area contributed by atoms with Gasteiger partial charge in [0.25, 0.3) is 0 Å². The number of alkyl halides is 3. The molecule has 1 aromatic rings. The van der Waals surface area contributed by atoms with Crippen molar-refractivity contribution in [1.29, 1.82) is 10.5 Å². The van der Waals surface area contributed by atoms with Crippen molar-refractivity contribution in [1.82, 2.24) is 15.5 Å². The fourth-order valence-electron chi connectivity index (χ4n) is 3.20. The van der Waals surface area contributed by atoms with Gasteiger partial charge in [-0.1, -0.05) is 12.1 Å². The molecule has 1 fully saturated rings. The first kappa shape index (κ1) is 20.6. The number of nitrogens with zero attached hydrogens (tertiary/aromatic N) is 3. The Morgan fingerprint density at radius 3 is 2.44 bits per heavy atom. The Morgan fingerprint density at radius 1 is 1.22 bits per heavy atom. The van der Waals surface area contributed by atoms with Gasteiger partial charge in [0.1, 0.15) is 18.0 Å². The molecule has 1 unspecified atom stereocenters. The average molecular weight is 377 g/mol. The van der Waals surface area contributed by atoms with Crippen molar-refractivity contribution in [3.63, 3.8) is 0 Å². The Bertz CT molecular complexity index is 725. The lowest BCUT2D eigenvalue weighted by Crippen LogP contribution is -2.40. The molecule has 27 heavy (non-hydrogen) atoms. The highest BCUT2D eigenvalue weighted by Gasteiger charge is 2.30. The molecule has 1 aliphatic rings. The molecule has 5 nitrogen and oxygen atoms in total. The third-order valence-electron chi connectivity index (χ3n) is 4.58. The second kappa shape index (κ2) is 9.29. The molecule has 144 valence electrons. The minimum atomic E-state index is -4.31. The molecule has 1 aliphatic heterocycles. The lowest BCUT2D eigenvalue weighted by molar-refractivity contribution is -0.137. The Morgan fingerprint density at radius 2 is 1.89 bits per heavy atom. The molecule has 0 aromatic heterocycles. The largest absolute Gasteiger partial charge is 0.416 e. The number of hydrogen-bond acceptors (Lipinski definition) is 5. The van der Waals surface area contributed by atoms with Crippen molar-refractivity contribution < 1.29 is 13.2 Å². The van der Waals surface area contributed by atoms with Gasteiger partial charge in [0, 0.05) is 26.7 Å². The molecule has 0 radical (unpaired) electrons. The summed E-state index contributed by atoms with van der Waals surface area (Å²) in [5, 5.41) is 23.9. The molecule has 8 heteroatoms. The van der Waals surface area contributed by atoms with Gasteiger partial charge in [-0.05, 0) is 43.0 Å². The molecule has 0 saturated carbocycles. The smallest absolute Gasteiger partial charge is 0.373 e. The van der Waals surface area contributed by atoms with Crippen LogP contribution in [-0.4, -0.2) is 31.6 Å². The lowest BCUT2D eigenvalue weighted by atomic mass is 9.97. The van der Waals surface area contributed by atoms with Gasteiger partial charge in [-0.25, -0.2) is 0 Å². The van der Waals surface area contributed by atoms with E-state index in [1.54, 1.807) is 7.05 Å². The van der Waals surface area contributed by atoms with Crippen LogP contribution in [0.3, 0.4) is 0 Å². The number of halogens is 3. The van der Waals surface area contributed by atoms with Crippen LogP contribution < -0.4 is 10.6 Å². The topological polar surface area (TPSA) is 74.9 Å². The fraction of sp³-hybridized carbons (Fsp3) is 0.474. The number of piperidine rings is 1. The van der Waals surface area contributed by atoms with Crippen molar-refractivity contribution >= 4 is 0 Å². The summed E-state index contributed by atoms with van der Waals surface area (Å²) < 4.78 is 38.0. The highest BCUT2D eigenvalue weighted by Crippen LogP contribution is 2.29. The Hall–Kier alpha value is -2.71. The summed E-state index contributed by atoms with van der Waals surface area (Å²) in [5.74, 6) is 0.745. The number of allylic oxidation sites excluding steroid dienone is 1. The van der Waals surface area contributed by atoms with E-state index in [1.807, 2.05) is 12.1 Å². The van der Waals surface area contributed by atoms with Gasteiger partial charge >= 0.3 is 6.18 Å². The van der Waals surface area contributed by atoms with Crippen LogP contribution in [0.2, 0.25) is 0 Å². The van der Waals surface area contributed by atoms with E-state index in [2.05, 4.69) is 15.5 Å². The standard InChI is InChI=1S/C19H22F3N5/c1-25-18(16(9-23)10-24)26-11-15-3-2-8-27(13-15)12-14-4-6-17(7-5-14)19(20,21)22/h4-7,15,25-26H,2-3,8,11-13H2,1H3. The fourth-order valence-corrected chi connectivity index (χ4v) is 3.20. The van der Waals surface area contributed by atoms with E-state index in [0.29, 0.717) is 24.8 Å². The van der Waals surface area contributed by atoms with Crippen molar-refractivity contribution in [3.05, 3.63) is 46.8 Å². The average Bonchev–Trinajstić information content (AvgIpc) is 2.65. The van der Waals surface area contributed by atoms with Crippen LogP contribution in [0, 0.1) is 28.6 Å². The SMILES string of the molecule is CNC(NCC1CCCN(Cc2ccc(C(F)(F)F)cc2)C1)=C(C#N)C#N. The van der Waals surface area contributed by atoms with Crippen molar-refractivity contribution in [2.24, 2.45) is 5.92 Å². The monoisotopic (exact) mass is 377 g/mol. The number of nitriles is 2. The lowest BCUT2D eigenvalue weighted by Gasteiger charge is -2.33. The zero-order valence-electron chi connectivity index (χ0n) is 15.1. The van der Waals surface area contributed by atoms with E-state index in [4.69, 9.17) is 10.5 Å². The van der Waals surface area contributed by atoms with Crippen LogP contribution in [0.4, 0.5) is 13.2 Å². The highest BCUT2D eigenvalue weighted by atomic mass is 19.4. The summed E-state index contributed by atoms with van der Waals surface area (Å²) in [6.45, 7) is 2.92. The van der Waals surface area contributed by atoms with Crippen LogP contribution in [-0.2, 0) is 12.7 Å². The minimum Gasteiger partial charge on any atom is -0.373 e.